The molecule has 0 aromatic heterocycles. The van der Waals surface area contributed by atoms with Crippen molar-refractivity contribution in [3.05, 3.63) is 76.6 Å². The van der Waals surface area contributed by atoms with Gasteiger partial charge in [-0.25, -0.2) is 4.79 Å². The van der Waals surface area contributed by atoms with Crippen molar-refractivity contribution >= 4 is 23.3 Å². The Morgan fingerprint density at radius 3 is 1.97 bits per heavy atom. The molecule has 148 valence electrons. The van der Waals surface area contributed by atoms with E-state index in [4.69, 9.17) is 16.2 Å². The number of ketones is 2. The summed E-state index contributed by atoms with van der Waals surface area (Å²) in [6.07, 6.45) is 2.08. The van der Waals surface area contributed by atoms with Crippen LogP contribution in [0.5, 0.6) is 0 Å². The van der Waals surface area contributed by atoms with Gasteiger partial charge in [-0.3, -0.25) is 9.59 Å². The van der Waals surface area contributed by atoms with E-state index in [-0.39, 0.29) is 28.6 Å². The van der Waals surface area contributed by atoms with E-state index in [1.807, 2.05) is 24.3 Å². The fraction of sp³-hybridized carbons (Fsp3) is 0.261. The molecule has 6 nitrogen and oxygen atoms in total. The van der Waals surface area contributed by atoms with E-state index in [0.717, 1.165) is 31.4 Å². The molecule has 1 amide bonds. The van der Waals surface area contributed by atoms with E-state index >= 15 is 0 Å². The summed E-state index contributed by atoms with van der Waals surface area (Å²) in [6, 6.07) is 14.4. The van der Waals surface area contributed by atoms with Gasteiger partial charge in [-0.15, -0.1) is 0 Å². The van der Waals surface area contributed by atoms with Crippen LogP contribution in [0.2, 0.25) is 0 Å². The standard InChI is InChI=1S/C23H22N2O4/c24-16-11-9-14(10-12-16)13-5-7-15(8-6-13)19-20(26)17-3-1-2-4-18(17)21(27)22(19)29-23(25)28/h1-4,9-13,15H,5-8,24H2,(H2,25,28). The number of amides is 1. The number of rotatable bonds is 3. The fourth-order valence-electron chi connectivity index (χ4n) is 4.43. The van der Waals surface area contributed by atoms with Crippen LogP contribution in [-0.2, 0) is 4.74 Å². The Hall–Kier alpha value is -3.41. The van der Waals surface area contributed by atoms with Crippen LogP contribution in [-0.4, -0.2) is 17.7 Å². The topological polar surface area (TPSA) is 112 Å². The molecule has 0 atom stereocenters. The number of Topliss-reactive ketones (excluding diaryl/α,β-unsaturated/α-hetero) is 2. The largest absolute Gasteiger partial charge is 0.410 e. The van der Waals surface area contributed by atoms with Gasteiger partial charge in [0, 0.05) is 16.8 Å². The zero-order valence-electron chi connectivity index (χ0n) is 15.9. The molecule has 1 fully saturated rings. The fourth-order valence-corrected chi connectivity index (χ4v) is 4.43. The van der Waals surface area contributed by atoms with Crippen LogP contribution in [0.3, 0.4) is 0 Å². The van der Waals surface area contributed by atoms with Gasteiger partial charge in [0.2, 0.25) is 5.78 Å². The molecule has 0 radical (unpaired) electrons. The zero-order chi connectivity index (χ0) is 20.5. The third kappa shape index (κ3) is 3.53. The number of primary amides is 1. The van der Waals surface area contributed by atoms with E-state index < -0.39 is 11.9 Å². The highest BCUT2D eigenvalue weighted by molar-refractivity contribution is 6.26. The monoisotopic (exact) mass is 390 g/mol. The summed E-state index contributed by atoms with van der Waals surface area (Å²) in [4.78, 5) is 37.5. The molecule has 2 aromatic carbocycles. The second-order valence-electron chi connectivity index (χ2n) is 7.58. The number of allylic oxidation sites excluding steroid dienone is 2. The highest BCUT2D eigenvalue weighted by atomic mass is 16.6. The molecule has 2 aliphatic rings. The van der Waals surface area contributed by atoms with Gasteiger partial charge < -0.3 is 16.2 Å². The first kappa shape index (κ1) is 18.9. The third-order valence-electron chi connectivity index (χ3n) is 5.86. The first-order chi connectivity index (χ1) is 14.0. The molecule has 0 aliphatic heterocycles. The van der Waals surface area contributed by atoms with Crippen LogP contribution in [0.25, 0.3) is 0 Å². The summed E-state index contributed by atoms with van der Waals surface area (Å²) in [6.45, 7) is 0. The maximum atomic E-state index is 13.2. The highest BCUT2D eigenvalue weighted by Crippen LogP contribution is 2.42. The Morgan fingerprint density at radius 2 is 1.38 bits per heavy atom. The number of nitrogen functional groups attached to an aromatic ring is 1. The Morgan fingerprint density at radius 1 is 0.828 bits per heavy atom. The number of benzene rings is 2. The summed E-state index contributed by atoms with van der Waals surface area (Å²) < 4.78 is 5.06. The van der Waals surface area contributed by atoms with Gasteiger partial charge in [0.05, 0.1) is 5.57 Å². The summed E-state index contributed by atoms with van der Waals surface area (Å²) in [7, 11) is 0. The Bertz CT molecular complexity index is 1020. The lowest BCUT2D eigenvalue weighted by atomic mass is 9.72. The van der Waals surface area contributed by atoms with Crippen LogP contribution < -0.4 is 11.5 Å². The molecule has 1 saturated carbocycles. The SMILES string of the molecule is NC(=O)OC1=C(C2CCC(c3ccc(N)cc3)CC2)C(=O)c2ccccc2C1=O. The average Bonchev–Trinajstić information content (AvgIpc) is 2.73. The van der Waals surface area contributed by atoms with Crippen LogP contribution in [0.4, 0.5) is 10.5 Å². The van der Waals surface area contributed by atoms with E-state index in [2.05, 4.69) is 0 Å². The number of carbonyl (C=O) groups excluding carboxylic acids is 3. The molecule has 2 aromatic rings. The summed E-state index contributed by atoms with van der Waals surface area (Å²) in [5.74, 6) is -0.715. The first-order valence-corrected chi connectivity index (χ1v) is 9.71. The Balaban J connectivity index is 1.63. The molecular formula is C23H22N2O4. The maximum Gasteiger partial charge on any atom is 0.410 e. The lowest BCUT2D eigenvalue weighted by Crippen LogP contribution is -2.31. The van der Waals surface area contributed by atoms with Crippen LogP contribution in [0, 0.1) is 5.92 Å². The van der Waals surface area contributed by atoms with Gasteiger partial charge in [-0.2, -0.15) is 0 Å². The van der Waals surface area contributed by atoms with Gasteiger partial charge >= 0.3 is 6.09 Å². The number of hydrogen-bond acceptors (Lipinski definition) is 5. The number of hydrogen-bond donors (Lipinski definition) is 2. The first-order valence-electron chi connectivity index (χ1n) is 9.71. The molecule has 2 aliphatic carbocycles. The van der Waals surface area contributed by atoms with Crippen molar-refractivity contribution < 1.29 is 19.1 Å². The third-order valence-corrected chi connectivity index (χ3v) is 5.86. The molecule has 6 heteroatoms. The van der Waals surface area contributed by atoms with Crippen molar-refractivity contribution in [2.24, 2.45) is 11.7 Å². The molecule has 0 unspecified atom stereocenters. The van der Waals surface area contributed by atoms with E-state index in [0.29, 0.717) is 11.5 Å². The van der Waals surface area contributed by atoms with E-state index in [1.165, 1.54) is 5.56 Å². The molecule has 4 rings (SSSR count). The molecule has 0 bridgehead atoms. The molecule has 0 spiro atoms. The van der Waals surface area contributed by atoms with Gasteiger partial charge in [0.15, 0.2) is 11.5 Å². The molecule has 29 heavy (non-hydrogen) atoms. The maximum absolute atomic E-state index is 13.2. The second-order valence-corrected chi connectivity index (χ2v) is 7.58. The smallest absolute Gasteiger partial charge is 0.406 e. The van der Waals surface area contributed by atoms with Crippen LogP contribution >= 0.6 is 0 Å². The van der Waals surface area contributed by atoms with Gasteiger partial charge in [-0.05, 0) is 55.2 Å². The average molecular weight is 390 g/mol. The lowest BCUT2D eigenvalue weighted by molar-refractivity contribution is 0.0894. The van der Waals surface area contributed by atoms with Gasteiger partial charge in [-0.1, -0.05) is 36.4 Å². The van der Waals surface area contributed by atoms with Gasteiger partial charge in [0.1, 0.15) is 0 Å². The number of ether oxygens (including phenoxy) is 1. The van der Waals surface area contributed by atoms with Crippen molar-refractivity contribution in [1.29, 1.82) is 0 Å². The summed E-state index contributed by atoms with van der Waals surface area (Å²) in [5, 5.41) is 0. The highest BCUT2D eigenvalue weighted by Gasteiger charge is 2.39. The number of fused-ring (bicyclic) bond motifs is 1. The molecular weight excluding hydrogens is 368 g/mol. The summed E-state index contributed by atoms with van der Waals surface area (Å²) >= 11 is 0. The lowest BCUT2D eigenvalue weighted by Gasteiger charge is -2.32. The minimum atomic E-state index is -1.09. The number of carbonyl (C=O) groups is 3. The second kappa shape index (κ2) is 7.54. The summed E-state index contributed by atoms with van der Waals surface area (Å²) in [5.41, 5.74) is 13.8. The van der Waals surface area contributed by atoms with Crippen molar-refractivity contribution in [1.82, 2.24) is 0 Å². The minimum Gasteiger partial charge on any atom is -0.406 e. The predicted octanol–water partition coefficient (Wildman–Crippen LogP) is 3.97. The van der Waals surface area contributed by atoms with Crippen molar-refractivity contribution in [2.75, 3.05) is 5.73 Å². The molecule has 0 saturated heterocycles. The van der Waals surface area contributed by atoms with Crippen LogP contribution in [0.1, 0.15) is 57.9 Å². The Labute approximate surface area is 168 Å². The van der Waals surface area contributed by atoms with Crippen molar-refractivity contribution in [3.8, 4) is 0 Å². The van der Waals surface area contributed by atoms with Gasteiger partial charge in [0.25, 0.3) is 0 Å². The number of anilines is 1. The van der Waals surface area contributed by atoms with E-state index in [1.54, 1.807) is 24.3 Å². The normalized spacial score (nSPS) is 21.7. The minimum absolute atomic E-state index is 0.154. The van der Waals surface area contributed by atoms with Crippen molar-refractivity contribution in [3.63, 3.8) is 0 Å². The van der Waals surface area contributed by atoms with Crippen molar-refractivity contribution in [2.45, 2.75) is 31.6 Å². The molecule has 4 N–H and O–H groups in total. The van der Waals surface area contributed by atoms with Crippen LogP contribution in [0.15, 0.2) is 59.9 Å². The van der Waals surface area contributed by atoms with E-state index in [9.17, 15) is 14.4 Å². The quantitative estimate of drug-likeness (QED) is 0.770. The molecule has 0 heterocycles. The Kier molecular flexibility index (Phi) is 4.92. The zero-order valence-corrected chi connectivity index (χ0v) is 15.9. The predicted molar refractivity (Wildman–Crippen MR) is 108 cm³/mol. The number of nitrogens with two attached hydrogens (primary N) is 2.